The van der Waals surface area contributed by atoms with Gasteiger partial charge in [0.1, 0.15) is 0 Å². The fourth-order valence-corrected chi connectivity index (χ4v) is 2.73. The first-order valence-electron chi connectivity index (χ1n) is 6.86. The molecule has 1 saturated carbocycles. The Labute approximate surface area is 113 Å². The zero-order valence-corrected chi connectivity index (χ0v) is 11.0. The normalized spacial score (nSPS) is 22.6. The molecule has 0 amide bonds. The molecule has 0 saturated heterocycles. The maximum Gasteiger partial charge on any atom is 0.0949 e. The molecule has 2 unspecified atom stereocenters. The van der Waals surface area contributed by atoms with Gasteiger partial charge in [-0.2, -0.15) is 0 Å². The van der Waals surface area contributed by atoms with Gasteiger partial charge in [0.15, 0.2) is 0 Å². The van der Waals surface area contributed by atoms with Crippen LogP contribution in [0.3, 0.4) is 0 Å². The predicted octanol–water partition coefficient (Wildman–Crippen LogP) is 2.22. The third kappa shape index (κ3) is 3.15. The summed E-state index contributed by atoms with van der Waals surface area (Å²) in [7, 11) is 0. The Morgan fingerprint density at radius 1 is 1.37 bits per heavy atom. The molecule has 19 heavy (non-hydrogen) atoms. The molecule has 0 radical (unpaired) electrons. The number of imidazole rings is 1. The van der Waals surface area contributed by atoms with Crippen LogP contribution in [0.5, 0.6) is 0 Å². The summed E-state index contributed by atoms with van der Waals surface area (Å²) in [6.45, 7) is 0.861. The van der Waals surface area contributed by atoms with Gasteiger partial charge in [0.05, 0.1) is 6.33 Å². The van der Waals surface area contributed by atoms with Crippen molar-refractivity contribution in [1.82, 2.24) is 9.55 Å². The van der Waals surface area contributed by atoms with E-state index in [1.807, 2.05) is 18.7 Å². The van der Waals surface area contributed by atoms with E-state index in [2.05, 4.69) is 39.1 Å². The number of rotatable bonds is 4. The molecule has 0 bridgehead atoms. The molecule has 2 atom stereocenters. The number of nitrogens with zero attached hydrogens (tertiary/aromatic N) is 2. The predicted molar refractivity (Wildman–Crippen MR) is 77.0 cm³/mol. The van der Waals surface area contributed by atoms with Crippen LogP contribution in [0.2, 0.25) is 0 Å². The number of anilines is 1. The number of nitrogens with two attached hydrogens (primary N) is 1. The number of hydrogen-bond donors (Lipinski definition) is 2. The topological polar surface area (TPSA) is 55.9 Å². The maximum absolute atomic E-state index is 5.95. The highest BCUT2D eigenvalue weighted by molar-refractivity contribution is 5.46. The zero-order chi connectivity index (χ0) is 13.1. The minimum absolute atomic E-state index is 0.367. The van der Waals surface area contributed by atoms with Gasteiger partial charge in [0.25, 0.3) is 0 Å². The molecule has 0 aliphatic heterocycles. The van der Waals surface area contributed by atoms with E-state index < -0.39 is 0 Å². The van der Waals surface area contributed by atoms with Crippen LogP contribution < -0.4 is 11.1 Å². The van der Waals surface area contributed by atoms with Crippen LogP contribution in [0, 0.1) is 0 Å². The van der Waals surface area contributed by atoms with Gasteiger partial charge < -0.3 is 15.6 Å². The Balaban J connectivity index is 1.66. The first-order chi connectivity index (χ1) is 9.29. The fourth-order valence-electron chi connectivity index (χ4n) is 2.73. The van der Waals surface area contributed by atoms with E-state index in [4.69, 9.17) is 5.73 Å². The van der Waals surface area contributed by atoms with Crippen molar-refractivity contribution in [3.63, 3.8) is 0 Å². The van der Waals surface area contributed by atoms with Gasteiger partial charge in [-0.1, -0.05) is 12.1 Å². The van der Waals surface area contributed by atoms with Crippen molar-refractivity contribution in [3.8, 4) is 0 Å². The molecule has 3 rings (SSSR count). The lowest BCUT2D eigenvalue weighted by Crippen LogP contribution is -2.20. The van der Waals surface area contributed by atoms with Crippen molar-refractivity contribution in [2.45, 2.75) is 37.9 Å². The van der Waals surface area contributed by atoms with Crippen molar-refractivity contribution in [3.05, 3.63) is 48.5 Å². The molecule has 1 heterocycles. The van der Waals surface area contributed by atoms with Gasteiger partial charge in [-0.3, -0.25) is 0 Å². The molecule has 1 aromatic heterocycles. The molecular weight excluding hydrogens is 236 g/mol. The standard InChI is InChI=1S/C15H20N4/c16-13-4-5-15(9-13)18-14-3-1-2-12(8-14)10-19-7-6-17-11-19/h1-3,6-8,11,13,15,18H,4-5,9-10,16H2. The molecule has 1 fully saturated rings. The van der Waals surface area contributed by atoms with E-state index in [0.29, 0.717) is 12.1 Å². The molecule has 3 N–H and O–H groups in total. The summed E-state index contributed by atoms with van der Waals surface area (Å²) in [6.07, 6.45) is 9.01. The van der Waals surface area contributed by atoms with Crippen molar-refractivity contribution in [2.24, 2.45) is 5.73 Å². The second kappa shape index (κ2) is 5.45. The Hall–Kier alpha value is -1.81. The Kier molecular flexibility index (Phi) is 3.51. The van der Waals surface area contributed by atoms with Gasteiger partial charge >= 0.3 is 0 Å². The summed E-state index contributed by atoms with van der Waals surface area (Å²) in [5.74, 6) is 0. The quantitative estimate of drug-likeness (QED) is 0.882. The van der Waals surface area contributed by atoms with Crippen LogP contribution in [0.4, 0.5) is 5.69 Å². The molecule has 0 spiro atoms. The second-order valence-corrected chi connectivity index (χ2v) is 5.35. The summed E-state index contributed by atoms with van der Waals surface area (Å²) in [6, 6.07) is 9.48. The average molecular weight is 256 g/mol. The lowest BCUT2D eigenvalue weighted by Gasteiger charge is -2.15. The third-order valence-electron chi connectivity index (χ3n) is 3.70. The monoisotopic (exact) mass is 256 g/mol. The number of nitrogens with one attached hydrogen (secondary N) is 1. The Bertz CT molecular complexity index is 521. The summed E-state index contributed by atoms with van der Waals surface area (Å²) < 4.78 is 2.07. The van der Waals surface area contributed by atoms with Crippen molar-refractivity contribution in [2.75, 3.05) is 5.32 Å². The van der Waals surface area contributed by atoms with Crippen LogP contribution in [0.15, 0.2) is 43.0 Å². The van der Waals surface area contributed by atoms with Gasteiger partial charge in [0.2, 0.25) is 0 Å². The summed E-state index contributed by atoms with van der Waals surface area (Å²) >= 11 is 0. The van der Waals surface area contributed by atoms with Gasteiger partial charge in [-0.05, 0) is 37.0 Å². The number of benzene rings is 1. The highest BCUT2D eigenvalue weighted by atomic mass is 15.0. The average Bonchev–Trinajstić information content (AvgIpc) is 3.02. The zero-order valence-electron chi connectivity index (χ0n) is 11.0. The molecule has 4 heteroatoms. The SMILES string of the molecule is NC1CCC(Nc2cccc(Cn3ccnc3)c2)C1. The van der Waals surface area contributed by atoms with Crippen LogP contribution in [0.1, 0.15) is 24.8 Å². The molecule has 1 aliphatic rings. The first kappa shape index (κ1) is 12.2. The van der Waals surface area contributed by atoms with E-state index in [0.717, 1.165) is 19.4 Å². The number of aromatic nitrogens is 2. The van der Waals surface area contributed by atoms with Crippen molar-refractivity contribution >= 4 is 5.69 Å². The molecule has 1 aliphatic carbocycles. The Morgan fingerprint density at radius 2 is 2.32 bits per heavy atom. The summed E-state index contributed by atoms with van der Waals surface area (Å²) in [5, 5.41) is 3.59. The summed E-state index contributed by atoms with van der Waals surface area (Å²) in [5.41, 5.74) is 8.42. The lowest BCUT2D eigenvalue weighted by atomic mass is 10.1. The van der Waals surface area contributed by atoms with E-state index >= 15 is 0 Å². The van der Waals surface area contributed by atoms with Crippen LogP contribution in [-0.4, -0.2) is 21.6 Å². The highest BCUT2D eigenvalue weighted by Crippen LogP contribution is 2.22. The summed E-state index contributed by atoms with van der Waals surface area (Å²) in [4.78, 5) is 4.07. The van der Waals surface area contributed by atoms with E-state index in [9.17, 15) is 0 Å². The van der Waals surface area contributed by atoms with E-state index in [1.54, 1.807) is 0 Å². The molecule has 4 nitrogen and oxygen atoms in total. The molecule has 2 aromatic rings. The van der Waals surface area contributed by atoms with Gasteiger partial charge in [0, 0.05) is 36.7 Å². The largest absolute Gasteiger partial charge is 0.382 e. The number of hydrogen-bond acceptors (Lipinski definition) is 3. The lowest BCUT2D eigenvalue weighted by molar-refractivity contribution is 0.687. The second-order valence-electron chi connectivity index (χ2n) is 5.35. The minimum atomic E-state index is 0.367. The molecule has 1 aromatic carbocycles. The molecular formula is C15H20N4. The van der Waals surface area contributed by atoms with E-state index in [-0.39, 0.29) is 0 Å². The smallest absolute Gasteiger partial charge is 0.0949 e. The van der Waals surface area contributed by atoms with Crippen LogP contribution in [-0.2, 0) is 6.54 Å². The molecule has 100 valence electrons. The van der Waals surface area contributed by atoms with Crippen LogP contribution >= 0.6 is 0 Å². The minimum Gasteiger partial charge on any atom is -0.382 e. The Morgan fingerprint density at radius 3 is 3.05 bits per heavy atom. The third-order valence-corrected chi connectivity index (χ3v) is 3.70. The van der Waals surface area contributed by atoms with Crippen LogP contribution in [0.25, 0.3) is 0 Å². The van der Waals surface area contributed by atoms with Crippen molar-refractivity contribution in [1.29, 1.82) is 0 Å². The van der Waals surface area contributed by atoms with E-state index in [1.165, 1.54) is 17.7 Å². The maximum atomic E-state index is 5.95. The fraction of sp³-hybridized carbons (Fsp3) is 0.400. The van der Waals surface area contributed by atoms with Gasteiger partial charge in [-0.15, -0.1) is 0 Å². The van der Waals surface area contributed by atoms with Crippen molar-refractivity contribution < 1.29 is 0 Å². The first-order valence-corrected chi connectivity index (χ1v) is 6.86. The van der Waals surface area contributed by atoms with Gasteiger partial charge in [-0.25, -0.2) is 4.98 Å². The highest BCUT2D eigenvalue weighted by Gasteiger charge is 2.21.